The molecule has 0 spiro atoms. The highest BCUT2D eigenvalue weighted by Crippen LogP contribution is 2.30. The Hall–Kier alpha value is -1.56. The number of aromatic nitrogens is 2. The Labute approximate surface area is 96.1 Å². The molecule has 0 amide bonds. The van der Waals surface area contributed by atoms with Gasteiger partial charge in [-0.25, -0.2) is 4.98 Å². The van der Waals surface area contributed by atoms with Crippen molar-refractivity contribution in [2.75, 3.05) is 0 Å². The van der Waals surface area contributed by atoms with Crippen LogP contribution in [0.1, 0.15) is 29.9 Å². The summed E-state index contributed by atoms with van der Waals surface area (Å²) in [6.07, 6.45) is -2.99. The quantitative estimate of drug-likeness (QED) is 0.836. The molecule has 0 aliphatic carbocycles. The number of nitrogens with two attached hydrogens (primary N) is 1. The zero-order valence-electron chi connectivity index (χ0n) is 9.42. The van der Waals surface area contributed by atoms with Gasteiger partial charge in [-0.3, -0.25) is 0 Å². The third-order valence-corrected chi connectivity index (χ3v) is 2.61. The van der Waals surface area contributed by atoms with Crippen LogP contribution in [0.25, 0.3) is 5.65 Å². The number of imidazole rings is 1. The van der Waals surface area contributed by atoms with Gasteiger partial charge in [0, 0.05) is 12.2 Å². The highest BCUT2D eigenvalue weighted by molar-refractivity contribution is 5.47. The molecular formula is C11H12F3N3. The summed E-state index contributed by atoms with van der Waals surface area (Å²) in [6.45, 7) is 3.51. The summed E-state index contributed by atoms with van der Waals surface area (Å²) in [5.74, 6) is 0. The van der Waals surface area contributed by atoms with Crippen molar-refractivity contribution in [2.24, 2.45) is 5.73 Å². The van der Waals surface area contributed by atoms with Gasteiger partial charge in [-0.15, -0.1) is 0 Å². The molecule has 1 unspecified atom stereocenters. The Kier molecular flexibility index (Phi) is 2.61. The van der Waals surface area contributed by atoms with Gasteiger partial charge in [-0.2, -0.15) is 13.2 Å². The number of halogens is 3. The van der Waals surface area contributed by atoms with Gasteiger partial charge >= 0.3 is 6.18 Å². The number of hydrogen-bond donors (Lipinski definition) is 1. The van der Waals surface area contributed by atoms with Crippen LogP contribution in [0.15, 0.2) is 18.3 Å². The first kappa shape index (κ1) is 11.9. The SMILES string of the molecule is Cc1nc2cc(C(F)(F)F)ccn2c1C(C)N. The molecule has 1 atom stereocenters. The lowest BCUT2D eigenvalue weighted by atomic mass is 10.2. The second kappa shape index (κ2) is 3.73. The van der Waals surface area contributed by atoms with E-state index in [2.05, 4.69) is 4.98 Å². The number of nitrogens with zero attached hydrogens (tertiary/aromatic N) is 2. The highest BCUT2D eigenvalue weighted by atomic mass is 19.4. The monoisotopic (exact) mass is 243 g/mol. The Morgan fingerprint density at radius 1 is 1.41 bits per heavy atom. The Morgan fingerprint density at radius 3 is 2.59 bits per heavy atom. The van der Waals surface area contributed by atoms with Crippen LogP contribution in [0, 0.1) is 6.92 Å². The van der Waals surface area contributed by atoms with Crippen LogP contribution >= 0.6 is 0 Å². The molecule has 0 bridgehead atoms. The lowest BCUT2D eigenvalue weighted by Crippen LogP contribution is -2.10. The zero-order valence-corrected chi connectivity index (χ0v) is 9.42. The van der Waals surface area contributed by atoms with Gasteiger partial charge in [-0.1, -0.05) is 0 Å². The molecular weight excluding hydrogens is 231 g/mol. The molecule has 0 saturated heterocycles. The smallest absolute Gasteiger partial charge is 0.323 e. The van der Waals surface area contributed by atoms with Crippen LogP contribution in [0.2, 0.25) is 0 Å². The molecule has 2 rings (SSSR count). The van der Waals surface area contributed by atoms with Crippen molar-refractivity contribution < 1.29 is 13.2 Å². The van der Waals surface area contributed by atoms with Crippen LogP contribution in [0.5, 0.6) is 0 Å². The van der Waals surface area contributed by atoms with Crippen molar-refractivity contribution in [1.82, 2.24) is 9.38 Å². The third kappa shape index (κ3) is 2.00. The molecule has 2 heterocycles. The molecule has 92 valence electrons. The minimum absolute atomic E-state index is 0.268. The number of aryl methyl sites for hydroxylation is 1. The predicted octanol–water partition coefficient (Wildman–Crippen LogP) is 2.68. The summed E-state index contributed by atoms with van der Waals surface area (Å²) >= 11 is 0. The van der Waals surface area contributed by atoms with Crippen molar-refractivity contribution in [3.8, 4) is 0 Å². The summed E-state index contributed by atoms with van der Waals surface area (Å²) < 4.78 is 39.2. The fourth-order valence-corrected chi connectivity index (χ4v) is 1.91. The van der Waals surface area contributed by atoms with E-state index in [0.717, 1.165) is 17.8 Å². The molecule has 0 radical (unpaired) electrons. The van der Waals surface area contributed by atoms with Gasteiger partial charge in [0.05, 0.1) is 17.0 Å². The average molecular weight is 243 g/mol. The fourth-order valence-electron chi connectivity index (χ4n) is 1.91. The normalized spacial score (nSPS) is 14.2. The van der Waals surface area contributed by atoms with Gasteiger partial charge in [-0.05, 0) is 26.0 Å². The van der Waals surface area contributed by atoms with E-state index >= 15 is 0 Å². The molecule has 0 aliphatic heterocycles. The Bertz CT molecular complexity index is 555. The van der Waals surface area contributed by atoms with Crippen molar-refractivity contribution in [2.45, 2.75) is 26.1 Å². The maximum atomic E-state index is 12.5. The van der Waals surface area contributed by atoms with Gasteiger partial charge in [0.25, 0.3) is 0 Å². The molecule has 0 saturated carbocycles. The highest BCUT2D eigenvalue weighted by Gasteiger charge is 2.31. The molecule has 0 fully saturated rings. The van der Waals surface area contributed by atoms with Crippen LogP contribution in [0.3, 0.4) is 0 Å². The molecule has 0 aliphatic rings. The maximum absolute atomic E-state index is 12.5. The lowest BCUT2D eigenvalue weighted by molar-refractivity contribution is -0.137. The summed E-state index contributed by atoms with van der Waals surface area (Å²) in [4.78, 5) is 4.09. The van der Waals surface area contributed by atoms with E-state index in [9.17, 15) is 13.2 Å². The minimum Gasteiger partial charge on any atom is -0.323 e. The fraction of sp³-hybridized carbons (Fsp3) is 0.364. The van der Waals surface area contributed by atoms with E-state index in [1.807, 2.05) is 0 Å². The molecule has 2 N–H and O–H groups in total. The number of rotatable bonds is 1. The summed E-state index contributed by atoms with van der Waals surface area (Å²) in [6, 6.07) is 1.78. The Morgan fingerprint density at radius 2 is 2.06 bits per heavy atom. The molecule has 2 aromatic heterocycles. The number of alkyl halides is 3. The first-order valence-corrected chi connectivity index (χ1v) is 5.12. The van der Waals surface area contributed by atoms with Gasteiger partial charge in [0.2, 0.25) is 0 Å². The number of hydrogen-bond acceptors (Lipinski definition) is 2. The van der Waals surface area contributed by atoms with Crippen molar-refractivity contribution in [3.63, 3.8) is 0 Å². The molecule has 3 nitrogen and oxygen atoms in total. The van der Waals surface area contributed by atoms with Crippen LogP contribution in [-0.4, -0.2) is 9.38 Å². The van der Waals surface area contributed by atoms with Crippen molar-refractivity contribution >= 4 is 5.65 Å². The van der Waals surface area contributed by atoms with E-state index < -0.39 is 11.7 Å². The molecule has 6 heteroatoms. The van der Waals surface area contributed by atoms with Crippen LogP contribution < -0.4 is 5.73 Å². The number of pyridine rings is 1. The minimum atomic E-state index is -4.35. The van der Waals surface area contributed by atoms with E-state index in [1.54, 1.807) is 18.2 Å². The van der Waals surface area contributed by atoms with E-state index in [4.69, 9.17) is 5.73 Å². The first-order valence-electron chi connectivity index (χ1n) is 5.12. The van der Waals surface area contributed by atoms with E-state index in [1.165, 1.54) is 6.20 Å². The van der Waals surface area contributed by atoms with Gasteiger partial charge in [0.1, 0.15) is 5.65 Å². The predicted molar refractivity (Wildman–Crippen MR) is 57.5 cm³/mol. The lowest BCUT2D eigenvalue weighted by Gasteiger charge is -2.09. The topological polar surface area (TPSA) is 43.3 Å². The van der Waals surface area contributed by atoms with E-state index in [-0.39, 0.29) is 11.7 Å². The summed E-state index contributed by atoms with van der Waals surface area (Å²) in [5, 5.41) is 0. The summed E-state index contributed by atoms with van der Waals surface area (Å²) in [7, 11) is 0. The standard InChI is InChI=1S/C11H12F3N3/c1-6(15)10-7(2)16-9-5-8(11(12,13)14)3-4-17(9)10/h3-6H,15H2,1-2H3. The molecule has 0 aromatic carbocycles. The second-order valence-electron chi connectivity index (χ2n) is 4.01. The van der Waals surface area contributed by atoms with Crippen molar-refractivity contribution in [1.29, 1.82) is 0 Å². The first-order chi connectivity index (χ1) is 7.80. The molecule has 2 aromatic rings. The zero-order chi connectivity index (χ0) is 12.8. The maximum Gasteiger partial charge on any atom is 0.416 e. The van der Waals surface area contributed by atoms with Crippen molar-refractivity contribution in [3.05, 3.63) is 35.3 Å². The molecule has 17 heavy (non-hydrogen) atoms. The van der Waals surface area contributed by atoms with Gasteiger partial charge in [0.15, 0.2) is 0 Å². The second-order valence-corrected chi connectivity index (χ2v) is 4.01. The van der Waals surface area contributed by atoms with Gasteiger partial charge < -0.3 is 10.1 Å². The van der Waals surface area contributed by atoms with E-state index in [0.29, 0.717) is 5.69 Å². The summed E-state index contributed by atoms with van der Waals surface area (Å²) in [5.41, 5.74) is 6.71. The largest absolute Gasteiger partial charge is 0.416 e. The Balaban J connectivity index is 2.66. The number of fused-ring (bicyclic) bond motifs is 1. The average Bonchev–Trinajstić information content (AvgIpc) is 2.50. The van der Waals surface area contributed by atoms with Crippen LogP contribution in [-0.2, 0) is 6.18 Å². The van der Waals surface area contributed by atoms with Crippen LogP contribution in [0.4, 0.5) is 13.2 Å². The third-order valence-electron chi connectivity index (χ3n) is 2.61.